The van der Waals surface area contributed by atoms with Crippen molar-refractivity contribution in [3.05, 3.63) is 0 Å². The van der Waals surface area contributed by atoms with Gasteiger partial charge in [-0.2, -0.15) is 0 Å². The minimum atomic E-state index is 0.704. The number of rotatable bonds is 10. The molecule has 3 heteroatoms. The quantitative estimate of drug-likeness (QED) is 0.619. The summed E-state index contributed by atoms with van der Waals surface area (Å²) >= 11 is 0. The lowest BCUT2D eigenvalue weighted by Crippen LogP contribution is -2.39. The van der Waals surface area contributed by atoms with Crippen LogP contribution in [0.5, 0.6) is 0 Å². The monoisotopic (exact) mass is 271 g/mol. The van der Waals surface area contributed by atoms with Crippen LogP contribution in [0.3, 0.4) is 0 Å². The molecular weight excluding hydrogens is 238 g/mol. The van der Waals surface area contributed by atoms with E-state index in [-0.39, 0.29) is 0 Å². The van der Waals surface area contributed by atoms with Gasteiger partial charge in [0.05, 0.1) is 0 Å². The van der Waals surface area contributed by atoms with Crippen molar-refractivity contribution in [2.24, 2.45) is 11.8 Å². The molecule has 1 saturated carbocycles. The molecule has 0 aromatic rings. The van der Waals surface area contributed by atoms with Gasteiger partial charge in [0.2, 0.25) is 0 Å². The van der Waals surface area contributed by atoms with E-state index in [1.165, 1.54) is 38.5 Å². The number of ether oxygens (including phenoxy) is 2. The lowest BCUT2D eigenvalue weighted by molar-refractivity contribution is 0.0794. The highest BCUT2D eigenvalue weighted by Crippen LogP contribution is 2.33. The van der Waals surface area contributed by atoms with Crippen molar-refractivity contribution >= 4 is 0 Å². The Morgan fingerprint density at radius 1 is 1.11 bits per heavy atom. The minimum Gasteiger partial charge on any atom is -0.385 e. The Morgan fingerprint density at radius 3 is 2.63 bits per heavy atom. The van der Waals surface area contributed by atoms with E-state index in [9.17, 15) is 0 Å². The molecule has 0 aromatic carbocycles. The third-order valence-corrected chi connectivity index (χ3v) is 4.43. The van der Waals surface area contributed by atoms with E-state index in [0.29, 0.717) is 6.04 Å². The fraction of sp³-hybridized carbons (Fsp3) is 1.00. The van der Waals surface area contributed by atoms with Gasteiger partial charge in [-0.3, -0.25) is 0 Å². The first kappa shape index (κ1) is 16.9. The molecular formula is C16H33NO2. The summed E-state index contributed by atoms with van der Waals surface area (Å²) in [6, 6.07) is 0.704. The molecule has 0 spiro atoms. The smallest absolute Gasteiger partial charge is 0.0487 e. The van der Waals surface area contributed by atoms with Crippen LogP contribution in [0.2, 0.25) is 0 Å². The third-order valence-electron chi connectivity index (χ3n) is 4.43. The van der Waals surface area contributed by atoms with Crippen molar-refractivity contribution in [1.29, 1.82) is 0 Å². The molecule has 1 aliphatic rings. The molecule has 19 heavy (non-hydrogen) atoms. The lowest BCUT2D eigenvalue weighted by Gasteiger charge is -2.36. The van der Waals surface area contributed by atoms with Crippen molar-refractivity contribution in [2.45, 2.75) is 57.9 Å². The average Bonchev–Trinajstić information content (AvgIpc) is 2.43. The Balaban J connectivity index is 2.19. The van der Waals surface area contributed by atoms with E-state index in [2.05, 4.69) is 19.3 Å². The van der Waals surface area contributed by atoms with Gasteiger partial charge in [0.15, 0.2) is 0 Å². The molecule has 114 valence electrons. The highest BCUT2D eigenvalue weighted by molar-refractivity contribution is 4.83. The van der Waals surface area contributed by atoms with Crippen molar-refractivity contribution in [3.63, 3.8) is 0 Å². The van der Waals surface area contributed by atoms with Crippen LogP contribution in [0.25, 0.3) is 0 Å². The first-order chi connectivity index (χ1) is 9.31. The number of methoxy groups -OCH3 is 1. The Kier molecular flexibility index (Phi) is 9.48. The molecule has 1 rings (SSSR count). The summed E-state index contributed by atoms with van der Waals surface area (Å²) in [7, 11) is 3.85. The van der Waals surface area contributed by atoms with Gasteiger partial charge in [-0.1, -0.05) is 19.8 Å². The Morgan fingerprint density at radius 2 is 1.95 bits per heavy atom. The van der Waals surface area contributed by atoms with E-state index in [4.69, 9.17) is 9.47 Å². The average molecular weight is 271 g/mol. The molecule has 0 heterocycles. The van der Waals surface area contributed by atoms with Crippen LogP contribution in [0.1, 0.15) is 51.9 Å². The summed E-state index contributed by atoms with van der Waals surface area (Å²) in [4.78, 5) is 0. The van der Waals surface area contributed by atoms with Gasteiger partial charge in [-0.05, 0) is 51.0 Å². The third kappa shape index (κ3) is 6.73. The molecule has 3 unspecified atom stereocenters. The minimum absolute atomic E-state index is 0.704. The molecule has 1 fully saturated rings. The summed E-state index contributed by atoms with van der Waals surface area (Å²) in [5, 5.41) is 3.50. The van der Waals surface area contributed by atoms with Gasteiger partial charge < -0.3 is 14.8 Å². The largest absolute Gasteiger partial charge is 0.385 e. The highest BCUT2D eigenvalue weighted by atomic mass is 16.5. The Bertz CT molecular complexity index is 211. The van der Waals surface area contributed by atoms with Crippen LogP contribution < -0.4 is 5.32 Å². The van der Waals surface area contributed by atoms with Crippen LogP contribution in [0.15, 0.2) is 0 Å². The molecule has 0 radical (unpaired) electrons. The molecule has 0 aliphatic heterocycles. The topological polar surface area (TPSA) is 30.5 Å². The molecule has 0 aromatic heterocycles. The molecule has 0 amide bonds. The molecule has 0 bridgehead atoms. The van der Waals surface area contributed by atoms with E-state index in [0.717, 1.165) is 38.1 Å². The summed E-state index contributed by atoms with van der Waals surface area (Å²) in [6.07, 6.45) is 9.09. The summed E-state index contributed by atoms with van der Waals surface area (Å²) in [5.41, 5.74) is 0. The van der Waals surface area contributed by atoms with E-state index in [1.807, 2.05) is 0 Å². The predicted molar refractivity (Wildman–Crippen MR) is 80.5 cm³/mol. The van der Waals surface area contributed by atoms with Gasteiger partial charge in [0.25, 0.3) is 0 Å². The van der Waals surface area contributed by atoms with Crippen molar-refractivity contribution in [3.8, 4) is 0 Å². The second-order valence-electron chi connectivity index (χ2n) is 5.87. The summed E-state index contributed by atoms with van der Waals surface area (Å²) < 4.78 is 10.7. The SMILES string of the molecule is CCCC1CCC(NC)C(CCOCCCOC)C1. The van der Waals surface area contributed by atoms with Gasteiger partial charge in [0, 0.05) is 33.0 Å². The van der Waals surface area contributed by atoms with Gasteiger partial charge >= 0.3 is 0 Å². The second kappa shape index (κ2) is 10.6. The van der Waals surface area contributed by atoms with E-state index < -0.39 is 0 Å². The summed E-state index contributed by atoms with van der Waals surface area (Å²) in [5.74, 6) is 1.76. The second-order valence-corrected chi connectivity index (χ2v) is 5.87. The number of hydrogen-bond donors (Lipinski definition) is 1. The van der Waals surface area contributed by atoms with Gasteiger partial charge in [-0.15, -0.1) is 0 Å². The van der Waals surface area contributed by atoms with Crippen molar-refractivity contribution in [1.82, 2.24) is 5.32 Å². The van der Waals surface area contributed by atoms with Gasteiger partial charge in [0.1, 0.15) is 0 Å². The zero-order chi connectivity index (χ0) is 13.9. The standard InChI is InChI=1S/C16H33NO2/c1-4-6-14-7-8-16(17-2)15(13-14)9-12-19-11-5-10-18-3/h14-17H,4-13H2,1-3H3. The van der Waals surface area contributed by atoms with Crippen molar-refractivity contribution in [2.75, 3.05) is 34.0 Å². The fourth-order valence-corrected chi connectivity index (χ4v) is 3.37. The maximum Gasteiger partial charge on any atom is 0.0487 e. The van der Waals surface area contributed by atoms with Crippen molar-refractivity contribution < 1.29 is 9.47 Å². The fourth-order valence-electron chi connectivity index (χ4n) is 3.37. The zero-order valence-corrected chi connectivity index (χ0v) is 13.1. The lowest BCUT2D eigenvalue weighted by atomic mass is 9.75. The van der Waals surface area contributed by atoms with E-state index in [1.54, 1.807) is 7.11 Å². The predicted octanol–water partition coefficient (Wildman–Crippen LogP) is 3.23. The Hall–Kier alpha value is -0.120. The maximum absolute atomic E-state index is 5.72. The molecule has 1 N–H and O–H groups in total. The van der Waals surface area contributed by atoms with Crippen LogP contribution in [0.4, 0.5) is 0 Å². The Labute approximate surface area is 119 Å². The van der Waals surface area contributed by atoms with E-state index >= 15 is 0 Å². The van der Waals surface area contributed by atoms with Crippen LogP contribution in [-0.2, 0) is 9.47 Å². The maximum atomic E-state index is 5.72. The molecule has 1 aliphatic carbocycles. The highest BCUT2D eigenvalue weighted by Gasteiger charge is 2.28. The van der Waals surface area contributed by atoms with Crippen LogP contribution in [-0.4, -0.2) is 40.0 Å². The number of hydrogen-bond acceptors (Lipinski definition) is 3. The first-order valence-corrected chi connectivity index (χ1v) is 8.05. The number of nitrogens with one attached hydrogen (secondary N) is 1. The van der Waals surface area contributed by atoms with Crippen LogP contribution >= 0.6 is 0 Å². The molecule has 3 atom stereocenters. The molecule has 3 nitrogen and oxygen atoms in total. The molecule has 0 saturated heterocycles. The zero-order valence-electron chi connectivity index (χ0n) is 13.1. The summed E-state index contributed by atoms with van der Waals surface area (Å²) in [6.45, 7) is 4.85. The van der Waals surface area contributed by atoms with Crippen LogP contribution in [0, 0.1) is 11.8 Å². The first-order valence-electron chi connectivity index (χ1n) is 8.05. The van der Waals surface area contributed by atoms with Gasteiger partial charge in [-0.25, -0.2) is 0 Å². The normalized spacial score (nSPS) is 27.6.